The van der Waals surface area contributed by atoms with Gasteiger partial charge in [0, 0.05) is 30.2 Å². The number of rotatable bonds is 7. The van der Waals surface area contributed by atoms with Gasteiger partial charge < -0.3 is 10.1 Å². The molecule has 2 unspecified atom stereocenters. The van der Waals surface area contributed by atoms with Crippen LogP contribution in [0, 0.1) is 0 Å². The van der Waals surface area contributed by atoms with Crippen molar-refractivity contribution in [1.82, 2.24) is 10.2 Å². The predicted octanol–water partition coefficient (Wildman–Crippen LogP) is 3.49. The molecule has 1 aromatic carbocycles. The molecule has 0 aromatic heterocycles. The van der Waals surface area contributed by atoms with E-state index in [-0.39, 0.29) is 0 Å². The number of halogens is 1. The van der Waals surface area contributed by atoms with Gasteiger partial charge in [-0.25, -0.2) is 0 Å². The maximum absolute atomic E-state index is 5.99. The summed E-state index contributed by atoms with van der Waals surface area (Å²) in [6.45, 7) is 9.29. The summed E-state index contributed by atoms with van der Waals surface area (Å²) in [5, 5.41) is 4.39. The first kappa shape index (κ1) is 16.8. The fourth-order valence-electron chi connectivity index (χ4n) is 2.98. The van der Waals surface area contributed by atoms with Crippen molar-refractivity contribution >= 4 is 11.6 Å². The summed E-state index contributed by atoms with van der Waals surface area (Å²) in [5.74, 6) is 0. The number of benzene rings is 1. The van der Waals surface area contributed by atoms with Crippen LogP contribution < -0.4 is 5.32 Å². The Morgan fingerprint density at radius 3 is 2.76 bits per heavy atom. The minimum atomic E-state index is 0.396. The van der Waals surface area contributed by atoms with Gasteiger partial charge in [0.25, 0.3) is 0 Å². The van der Waals surface area contributed by atoms with Crippen LogP contribution >= 0.6 is 11.6 Å². The van der Waals surface area contributed by atoms with E-state index in [4.69, 9.17) is 16.3 Å². The van der Waals surface area contributed by atoms with E-state index in [0.717, 1.165) is 50.7 Å². The topological polar surface area (TPSA) is 24.5 Å². The zero-order valence-electron chi connectivity index (χ0n) is 13.1. The molecule has 0 aliphatic carbocycles. The van der Waals surface area contributed by atoms with Crippen LogP contribution in [-0.4, -0.2) is 43.8 Å². The fourth-order valence-corrected chi connectivity index (χ4v) is 3.11. The van der Waals surface area contributed by atoms with Crippen LogP contribution in [0.1, 0.15) is 38.3 Å². The molecule has 1 aromatic rings. The second-order valence-corrected chi connectivity index (χ2v) is 6.06. The van der Waals surface area contributed by atoms with E-state index in [1.807, 2.05) is 12.1 Å². The lowest BCUT2D eigenvalue weighted by Gasteiger charge is -2.36. The van der Waals surface area contributed by atoms with E-state index in [2.05, 4.69) is 36.2 Å². The number of nitrogens with one attached hydrogen (secondary N) is 1. The summed E-state index contributed by atoms with van der Waals surface area (Å²) in [4.78, 5) is 2.57. The Hall–Kier alpha value is -0.610. The average molecular weight is 311 g/mol. The van der Waals surface area contributed by atoms with Crippen LogP contribution in [0.5, 0.6) is 0 Å². The molecule has 0 saturated carbocycles. The van der Waals surface area contributed by atoms with E-state index in [1.165, 1.54) is 5.56 Å². The first-order valence-corrected chi connectivity index (χ1v) is 8.43. The summed E-state index contributed by atoms with van der Waals surface area (Å²) in [6, 6.07) is 9.19. The Balaban J connectivity index is 1.94. The van der Waals surface area contributed by atoms with Crippen LogP contribution in [0.3, 0.4) is 0 Å². The minimum Gasteiger partial charge on any atom is -0.378 e. The molecule has 0 radical (unpaired) electrons. The monoisotopic (exact) mass is 310 g/mol. The van der Waals surface area contributed by atoms with Crippen LogP contribution in [0.25, 0.3) is 0 Å². The lowest BCUT2D eigenvalue weighted by Crippen LogP contribution is -2.46. The number of morpholine rings is 1. The molecule has 1 heterocycles. The minimum absolute atomic E-state index is 0.396. The highest BCUT2D eigenvalue weighted by atomic mass is 35.5. The second-order valence-electron chi connectivity index (χ2n) is 5.62. The van der Waals surface area contributed by atoms with Crippen molar-refractivity contribution in [1.29, 1.82) is 0 Å². The highest BCUT2D eigenvalue weighted by molar-refractivity contribution is 6.30. The maximum atomic E-state index is 5.99. The molecular weight excluding hydrogens is 284 g/mol. The molecule has 1 N–H and O–H groups in total. The van der Waals surface area contributed by atoms with Gasteiger partial charge >= 0.3 is 0 Å². The largest absolute Gasteiger partial charge is 0.378 e. The second kappa shape index (κ2) is 8.74. The van der Waals surface area contributed by atoms with E-state index < -0.39 is 0 Å². The molecule has 1 aliphatic rings. The molecule has 2 atom stereocenters. The first-order valence-electron chi connectivity index (χ1n) is 8.05. The fraction of sp³-hybridized carbons (Fsp3) is 0.647. The van der Waals surface area contributed by atoms with Gasteiger partial charge in [0.2, 0.25) is 0 Å². The summed E-state index contributed by atoms with van der Waals surface area (Å²) >= 11 is 5.99. The van der Waals surface area contributed by atoms with Crippen molar-refractivity contribution < 1.29 is 4.74 Å². The normalized spacial score (nSPS) is 21.4. The zero-order valence-corrected chi connectivity index (χ0v) is 13.9. The Bertz CT molecular complexity index is 410. The first-order chi connectivity index (χ1) is 10.2. The molecule has 1 fully saturated rings. The molecule has 21 heavy (non-hydrogen) atoms. The van der Waals surface area contributed by atoms with Crippen molar-refractivity contribution in [3.63, 3.8) is 0 Å². The maximum Gasteiger partial charge on any atom is 0.0622 e. The molecule has 0 bridgehead atoms. The molecule has 4 heteroatoms. The molecule has 2 rings (SSSR count). The Morgan fingerprint density at radius 1 is 1.33 bits per heavy atom. The highest BCUT2D eigenvalue weighted by Gasteiger charge is 2.22. The van der Waals surface area contributed by atoms with E-state index in [1.54, 1.807) is 0 Å². The number of hydrogen-bond acceptors (Lipinski definition) is 3. The zero-order chi connectivity index (χ0) is 15.1. The number of ether oxygens (including phenoxy) is 1. The highest BCUT2D eigenvalue weighted by Crippen LogP contribution is 2.21. The van der Waals surface area contributed by atoms with Crippen molar-refractivity contribution in [3.05, 3.63) is 34.9 Å². The summed E-state index contributed by atoms with van der Waals surface area (Å²) in [5.41, 5.74) is 1.32. The summed E-state index contributed by atoms with van der Waals surface area (Å²) in [7, 11) is 0. The lowest BCUT2D eigenvalue weighted by molar-refractivity contribution is -0.0100. The van der Waals surface area contributed by atoms with Crippen molar-refractivity contribution in [3.8, 4) is 0 Å². The molecule has 0 amide bonds. The van der Waals surface area contributed by atoms with Crippen molar-refractivity contribution in [2.45, 2.75) is 38.8 Å². The SMILES string of the molecule is CCNC(CCN1CCOCC1CC)c1ccc(Cl)cc1. The van der Waals surface area contributed by atoms with Gasteiger partial charge in [-0.2, -0.15) is 0 Å². The van der Waals surface area contributed by atoms with Crippen LogP contribution in [-0.2, 0) is 4.74 Å². The molecule has 118 valence electrons. The van der Waals surface area contributed by atoms with Gasteiger partial charge in [-0.15, -0.1) is 0 Å². The molecule has 3 nitrogen and oxygen atoms in total. The van der Waals surface area contributed by atoms with Crippen molar-refractivity contribution in [2.24, 2.45) is 0 Å². The average Bonchev–Trinajstić information content (AvgIpc) is 2.52. The van der Waals surface area contributed by atoms with Gasteiger partial charge in [-0.1, -0.05) is 37.6 Å². The Kier molecular flexibility index (Phi) is 6.97. The lowest BCUT2D eigenvalue weighted by atomic mass is 10.0. The Morgan fingerprint density at radius 2 is 2.10 bits per heavy atom. The number of hydrogen-bond donors (Lipinski definition) is 1. The molecule has 1 saturated heterocycles. The summed E-state index contributed by atoms with van der Waals surface area (Å²) < 4.78 is 5.58. The summed E-state index contributed by atoms with van der Waals surface area (Å²) in [6.07, 6.45) is 2.28. The smallest absolute Gasteiger partial charge is 0.0622 e. The predicted molar refractivity (Wildman–Crippen MR) is 89.0 cm³/mol. The Labute approximate surface area is 133 Å². The van der Waals surface area contributed by atoms with E-state index in [0.29, 0.717) is 12.1 Å². The molecule has 0 spiro atoms. The van der Waals surface area contributed by atoms with Crippen LogP contribution in [0.15, 0.2) is 24.3 Å². The van der Waals surface area contributed by atoms with Crippen LogP contribution in [0.4, 0.5) is 0 Å². The third kappa shape index (κ3) is 4.96. The molecule has 1 aliphatic heterocycles. The number of nitrogens with zero attached hydrogens (tertiary/aromatic N) is 1. The standard InChI is InChI=1S/C17H27ClN2O/c1-3-16-13-21-12-11-20(16)10-9-17(19-4-2)14-5-7-15(18)8-6-14/h5-8,16-17,19H,3-4,9-13H2,1-2H3. The van der Waals surface area contributed by atoms with Gasteiger partial charge in [0.05, 0.1) is 13.2 Å². The third-order valence-corrected chi connectivity index (χ3v) is 4.50. The third-order valence-electron chi connectivity index (χ3n) is 4.25. The van der Waals surface area contributed by atoms with Gasteiger partial charge in [0.15, 0.2) is 0 Å². The van der Waals surface area contributed by atoms with Gasteiger partial charge in [0.1, 0.15) is 0 Å². The molecular formula is C17H27ClN2O. The van der Waals surface area contributed by atoms with Gasteiger partial charge in [-0.3, -0.25) is 4.90 Å². The van der Waals surface area contributed by atoms with E-state index in [9.17, 15) is 0 Å². The van der Waals surface area contributed by atoms with Crippen LogP contribution in [0.2, 0.25) is 5.02 Å². The van der Waals surface area contributed by atoms with E-state index >= 15 is 0 Å². The quantitative estimate of drug-likeness (QED) is 0.834. The van der Waals surface area contributed by atoms with Crippen molar-refractivity contribution in [2.75, 3.05) is 32.8 Å². The van der Waals surface area contributed by atoms with Gasteiger partial charge in [-0.05, 0) is 37.1 Å².